The molecule has 2 nitrogen and oxygen atoms in total. The zero-order valence-electron chi connectivity index (χ0n) is 9.54. The van der Waals surface area contributed by atoms with Crippen LogP contribution in [0, 0.1) is 5.92 Å². The van der Waals surface area contributed by atoms with Crippen LogP contribution in [0.3, 0.4) is 0 Å². The Morgan fingerprint density at radius 1 is 1.18 bits per heavy atom. The fraction of sp³-hybridized carbons (Fsp3) is 0.357. The molecule has 0 radical (unpaired) electrons. The van der Waals surface area contributed by atoms with Gasteiger partial charge in [0.1, 0.15) is 0 Å². The van der Waals surface area contributed by atoms with E-state index in [1.807, 2.05) is 30.0 Å². The van der Waals surface area contributed by atoms with Crippen molar-refractivity contribution in [3.8, 4) is 0 Å². The van der Waals surface area contributed by atoms with Crippen molar-refractivity contribution in [3.05, 3.63) is 42.1 Å². The molecule has 0 bridgehead atoms. The van der Waals surface area contributed by atoms with Gasteiger partial charge in [0.25, 0.3) is 0 Å². The first-order valence-electron chi connectivity index (χ1n) is 5.93. The summed E-state index contributed by atoms with van der Waals surface area (Å²) in [6, 6.07) is 12.4. The summed E-state index contributed by atoms with van der Waals surface area (Å²) in [7, 11) is 0. The van der Waals surface area contributed by atoms with Gasteiger partial charge < -0.3 is 5.11 Å². The van der Waals surface area contributed by atoms with E-state index in [-0.39, 0.29) is 6.10 Å². The maximum atomic E-state index is 9.81. The van der Waals surface area contributed by atoms with Gasteiger partial charge in [-0.3, -0.25) is 4.98 Å². The van der Waals surface area contributed by atoms with Gasteiger partial charge in [-0.15, -0.1) is 0 Å². The first kappa shape index (κ1) is 11.1. The van der Waals surface area contributed by atoms with E-state index in [4.69, 9.17) is 0 Å². The smallest absolute Gasteiger partial charge is 0.0705 e. The maximum Gasteiger partial charge on any atom is 0.0705 e. The van der Waals surface area contributed by atoms with Crippen molar-refractivity contribution in [2.75, 3.05) is 11.5 Å². The van der Waals surface area contributed by atoms with E-state index < -0.39 is 0 Å². The van der Waals surface area contributed by atoms with Crippen LogP contribution in [0.4, 0.5) is 0 Å². The molecule has 0 saturated carbocycles. The molecule has 2 unspecified atom stereocenters. The molecule has 2 heterocycles. The molecule has 2 atom stereocenters. The van der Waals surface area contributed by atoms with Crippen LogP contribution in [0.1, 0.15) is 5.69 Å². The number of aliphatic hydroxyl groups is 1. The van der Waals surface area contributed by atoms with Crippen LogP contribution in [-0.4, -0.2) is 27.7 Å². The molecule has 1 aliphatic rings. The summed E-state index contributed by atoms with van der Waals surface area (Å²) in [6.45, 7) is 0. The normalized spacial score (nSPS) is 24.3. The van der Waals surface area contributed by atoms with Gasteiger partial charge in [0.05, 0.1) is 11.6 Å². The van der Waals surface area contributed by atoms with Gasteiger partial charge in [0.2, 0.25) is 0 Å². The SMILES string of the molecule is OC1CSCC1Cc1ccc2ccccc2n1. The Morgan fingerprint density at radius 3 is 2.88 bits per heavy atom. The number of thioether (sulfide) groups is 1. The molecule has 0 amide bonds. The van der Waals surface area contributed by atoms with Crippen LogP contribution in [0.5, 0.6) is 0 Å². The van der Waals surface area contributed by atoms with Crippen molar-refractivity contribution >= 4 is 22.7 Å². The highest BCUT2D eigenvalue weighted by molar-refractivity contribution is 7.99. The molecular formula is C14H15NOS. The largest absolute Gasteiger partial charge is 0.392 e. The molecule has 1 aliphatic heterocycles. The molecule has 0 aliphatic carbocycles. The molecule has 88 valence electrons. The molecule has 0 spiro atoms. The lowest BCUT2D eigenvalue weighted by Gasteiger charge is -2.12. The highest BCUT2D eigenvalue weighted by atomic mass is 32.2. The van der Waals surface area contributed by atoms with E-state index in [1.54, 1.807) is 0 Å². The van der Waals surface area contributed by atoms with Gasteiger partial charge >= 0.3 is 0 Å². The fourth-order valence-corrected chi connectivity index (χ4v) is 3.57. The third kappa shape index (κ3) is 2.31. The van der Waals surface area contributed by atoms with Crippen LogP contribution in [-0.2, 0) is 6.42 Å². The number of rotatable bonds is 2. The molecule has 2 aromatic rings. The lowest BCUT2D eigenvalue weighted by molar-refractivity contribution is 0.149. The van der Waals surface area contributed by atoms with E-state index in [0.717, 1.165) is 29.1 Å². The van der Waals surface area contributed by atoms with Crippen molar-refractivity contribution in [3.63, 3.8) is 0 Å². The Morgan fingerprint density at radius 2 is 2.06 bits per heavy atom. The highest BCUT2D eigenvalue weighted by Crippen LogP contribution is 2.27. The first-order valence-corrected chi connectivity index (χ1v) is 7.09. The molecule has 17 heavy (non-hydrogen) atoms. The number of aromatic nitrogens is 1. The van der Waals surface area contributed by atoms with Crippen LogP contribution in [0.2, 0.25) is 0 Å². The topological polar surface area (TPSA) is 33.1 Å². The Balaban J connectivity index is 1.85. The number of nitrogens with zero attached hydrogens (tertiary/aromatic N) is 1. The minimum absolute atomic E-state index is 0.159. The number of para-hydroxylation sites is 1. The highest BCUT2D eigenvalue weighted by Gasteiger charge is 2.26. The van der Waals surface area contributed by atoms with Crippen LogP contribution < -0.4 is 0 Å². The van der Waals surface area contributed by atoms with Crippen molar-refractivity contribution in [2.45, 2.75) is 12.5 Å². The molecular weight excluding hydrogens is 230 g/mol. The van der Waals surface area contributed by atoms with E-state index in [0.29, 0.717) is 5.92 Å². The monoisotopic (exact) mass is 245 g/mol. The van der Waals surface area contributed by atoms with Crippen LogP contribution >= 0.6 is 11.8 Å². The van der Waals surface area contributed by atoms with E-state index in [2.05, 4.69) is 23.2 Å². The minimum Gasteiger partial charge on any atom is -0.392 e. The second-order valence-corrected chi connectivity index (χ2v) is 5.64. The Hall–Kier alpha value is -1.06. The fourth-order valence-electron chi connectivity index (χ4n) is 2.27. The average molecular weight is 245 g/mol. The first-order chi connectivity index (χ1) is 8.33. The predicted molar refractivity (Wildman–Crippen MR) is 72.3 cm³/mol. The third-order valence-electron chi connectivity index (χ3n) is 3.29. The number of hydrogen-bond donors (Lipinski definition) is 1. The zero-order chi connectivity index (χ0) is 11.7. The number of pyridine rings is 1. The summed E-state index contributed by atoms with van der Waals surface area (Å²) in [4.78, 5) is 4.65. The Labute approximate surface area is 105 Å². The van der Waals surface area contributed by atoms with Crippen molar-refractivity contribution in [1.29, 1.82) is 0 Å². The maximum absolute atomic E-state index is 9.81. The van der Waals surface area contributed by atoms with Crippen molar-refractivity contribution < 1.29 is 5.11 Å². The van der Waals surface area contributed by atoms with Crippen LogP contribution in [0.15, 0.2) is 36.4 Å². The molecule has 1 saturated heterocycles. The van der Waals surface area contributed by atoms with Gasteiger partial charge in [0.15, 0.2) is 0 Å². The van der Waals surface area contributed by atoms with E-state index in [1.165, 1.54) is 5.39 Å². The lowest BCUT2D eigenvalue weighted by atomic mass is 9.99. The van der Waals surface area contributed by atoms with E-state index >= 15 is 0 Å². The van der Waals surface area contributed by atoms with Gasteiger partial charge in [-0.1, -0.05) is 24.3 Å². The molecule has 3 heteroatoms. The number of fused-ring (bicyclic) bond motifs is 1. The molecule has 1 fully saturated rings. The summed E-state index contributed by atoms with van der Waals surface area (Å²) in [5.74, 6) is 2.29. The second-order valence-electron chi connectivity index (χ2n) is 4.56. The van der Waals surface area contributed by atoms with E-state index in [9.17, 15) is 5.11 Å². The van der Waals surface area contributed by atoms with Gasteiger partial charge in [-0.25, -0.2) is 0 Å². The number of aliphatic hydroxyl groups excluding tert-OH is 1. The van der Waals surface area contributed by atoms with Crippen molar-refractivity contribution in [1.82, 2.24) is 4.98 Å². The number of benzene rings is 1. The summed E-state index contributed by atoms with van der Waals surface area (Å²) >= 11 is 1.84. The average Bonchev–Trinajstić information content (AvgIpc) is 2.75. The second kappa shape index (κ2) is 4.67. The van der Waals surface area contributed by atoms with Gasteiger partial charge in [0, 0.05) is 22.8 Å². The molecule has 1 aromatic carbocycles. The van der Waals surface area contributed by atoms with Crippen molar-refractivity contribution in [2.24, 2.45) is 5.92 Å². The Kier molecular flexibility index (Phi) is 3.04. The summed E-state index contributed by atoms with van der Waals surface area (Å²) in [5, 5.41) is 11.0. The lowest BCUT2D eigenvalue weighted by Crippen LogP contribution is -2.20. The summed E-state index contributed by atoms with van der Waals surface area (Å²) in [6.07, 6.45) is 0.729. The molecule has 3 rings (SSSR count). The standard InChI is InChI=1S/C14H15NOS/c16-14-9-17-8-11(14)7-12-6-5-10-3-1-2-4-13(10)15-12/h1-6,11,14,16H,7-9H2. The number of hydrogen-bond acceptors (Lipinski definition) is 3. The Bertz CT molecular complexity index is 528. The van der Waals surface area contributed by atoms with Gasteiger partial charge in [-0.2, -0.15) is 11.8 Å². The third-order valence-corrected chi connectivity index (χ3v) is 4.53. The summed E-state index contributed by atoms with van der Waals surface area (Å²) < 4.78 is 0. The molecule has 1 aromatic heterocycles. The quantitative estimate of drug-likeness (QED) is 0.882. The minimum atomic E-state index is -0.159. The molecule has 1 N–H and O–H groups in total. The van der Waals surface area contributed by atoms with Crippen LogP contribution in [0.25, 0.3) is 10.9 Å². The predicted octanol–water partition coefficient (Wildman–Crippen LogP) is 2.50. The summed E-state index contributed by atoms with van der Waals surface area (Å²) in [5.41, 5.74) is 2.14. The van der Waals surface area contributed by atoms with Gasteiger partial charge in [-0.05, 0) is 24.3 Å². The zero-order valence-corrected chi connectivity index (χ0v) is 10.4.